The van der Waals surface area contributed by atoms with Crippen LogP contribution in [0.15, 0.2) is 24.4 Å². The average Bonchev–Trinajstić information content (AvgIpc) is 2.70. The third-order valence-corrected chi connectivity index (χ3v) is 3.92. The lowest BCUT2D eigenvalue weighted by Gasteiger charge is -2.03. The molecule has 0 aromatic carbocycles. The van der Waals surface area contributed by atoms with Crippen LogP contribution in [0.25, 0.3) is 5.65 Å². The zero-order valence-electron chi connectivity index (χ0n) is 8.88. The van der Waals surface area contributed by atoms with E-state index in [1.54, 1.807) is 16.7 Å². The minimum Gasteiger partial charge on any atom is -0.285 e. The molecule has 0 saturated carbocycles. The molecule has 0 amide bonds. The number of sulfonamides is 1. The Hall–Kier alpha value is -1.18. The molecule has 0 radical (unpaired) electrons. The summed E-state index contributed by atoms with van der Waals surface area (Å²) in [6.07, 6.45) is 1.78. The highest BCUT2D eigenvalue weighted by Crippen LogP contribution is 2.02. The Morgan fingerprint density at radius 2 is 2.18 bits per heavy atom. The summed E-state index contributed by atoms with van der Waals surface area (Å²) in [5.74, 6) is 0.500. The number of fused-ring (bicyclic) bond motifs is 1. The van der Waals surface area contributed by atoms with E-state index >= 15 is 0 Å². The molecule has 0 bridgehead atoms. The highest BCUT2D eigenvalue weighted by atomic mass is 35.5. The molecule has 0 aliphatic rings. The second-order valence-corrected chi connectivity index (χ2v) is 5.68. The molecular weight excluding hydrogens is 264 g/mol. The zero-order valence-corrected chi connectivity index (χ0v) is 10.4. The molecule has 0 saturated heterocycles. The van der Waals surface area contributed by atoms with Crippen molar-refractivity contribution >= 4 is 27.3 Å². The van der Waals surface area contributed by atoms with Gasteiger partial charge in [0, 0.05) is 12.1 Å². The first kappa shape index (κ1) is 12.3. The third-order valence-electron chi connectivity index (χ3n) is 2.18. The molecule has 17 heavy (non-hydrogen) atoms. The molecule has 2 aromatic heterocycles. The minimum atomic E-state index is -3.34. The molecule has 0 aliphatic heterocycles. The largest absolute Gasteiger partial charge is 0.285 e. The Kier molecular flexibility index (Phi) is 3.60. The van der Waals surface area contributed by atoms with Crippen LogP contribution < -0.4 is 4.72 Å². The van der Waals surface area contributed by atoms with Crippen molar-refractivity contribution < 1.29 is 8.42 Å². The fraction of sp³-hybridized carbons (Fsp3) is 0.333. The van der Waals surface area contributed by atoms with Gasteiger partial charge in [0.15, 0.2) is 11.5 Å². The van der Waals surface area contributed by atoms with Crippen LogP contribution >= 0.6 is 11.6 Å². The lowest BCUT2D eigenvalue weighted by atomic mass is 10.5. The van der Waals surface area contributed by atoms with E-state index in [1.807, 2.05) is 12.1 Å². The molecular formula is C9H11ClN4O2S. The maximum Gasteiger partial charge on any atom is 0.213 e. The summed E-state index contributed by atoms with van der Waals surface area (Å²) >= 11 is 5.39. The van der Waals surface area contributed by atoms with Gasteiger partial charge in [-0.2, -0.15) is 0 Å². The number of hydrogen-bond acceptors (Lipinski definition) is 4. The van der Waals surface area contributed by atoms with Crippen molar-refractivity contribution in [2.24, 2.45) is 0 Å². The molecule has 2 rings (SSSR count). The van der Waals surface area contributed by atoms with Gasteiger partial charge < -0.3 is 0 Å². The van der Waals surface area contributed by atoms with E-state index in [9.17, 15) is 8.42 Å². The highest BCUT2D eigenvalue weighted by Gasteiger charge is 2.11. The van der Waals surface area contributed by atoms with Crippen molar-refractivity contribution in [3.63, 3.8) is 0 Å². The van der Waals surface area contributed by atoms with Gasteiger partial charge in [-0.25, -0.2) is 13.1 Å². The van der Waals surface area contributed by atoms with Gasteiger partial charge in [0.25, 0.3) is 0 Å². The van der Waals surface area contributed by atoms with Crippen LogP contribution in [-0.4, -0.2) is 34.6 Å². The number of halogens is 1. The van der Waals surface area contributed by atoms with Gasteiger partial charge in [-0.05, 0) is 12.1 Å². The maximum atomic E-state index is 11.4. The van der Waals surface area contributed by atoms with Crippen LogP contribution in [0.3, 0.4) is 0 Å². The standard InChI is InChI=1S/C9H11ClN4O2S/c10-4-6-17(15,16)11-7-9-13-12-8-3-1-2-5-14(8)9/h1-3,5,11H,4,6-7H2. The Labute approximate surface area is 104 Å². The van der Waals surface area contributed by atoms with Gasteiger partial charge in [0.2, 0.25) is 10.0 Å². The summed E-state index contributed by atoms with van der Waals surface area (Å²) in [5.41, 5.74) is 0.680. The molecule has 2 heterocycles. The number of rotatable bonds is 5. The fourth-order valence-corrected chi connectivity index (χ4v) is 2.67. The van der Waals surface area contributed by atoms with Crippen LogP contribution in [0, 0.1) is 0 Å². The molecule has 2 aromatic rings. The number of alkyl halides is 1. The van der Waals surface area contributed by atoms with Crippen molar-refractivity contribution in [2.45, 2.75) is 6.54 Å². The summed E-state index contributed by atoms with van der Waals surface area (Å²) in [7, 11) is -3.34. The molecule has 8 heteroatoms. The van der Waals surface area contributed by atoms with Gasteiger partial charge in [0.1, 0.15) is 0 Å². The molecule has 0 unspecified atom stereocenters. The topological polar surface area (TPSA) is 76.4 Å². The fourth-order valence-electron chi connectivity index (χ4n) is 1.36. The Morgan fingerprint density at radius 3 is 2.94 bits per heavy atom. The van der Waals surface area contributed by atoms with E-state index in [1.165, 1.54) is 0 Å². The van der Waals surface area contributed by atoms with Crippen LogP contribution in [0.4, 0.5) is 0 Å². The van der Waals surface area contributed by atoms with E-state index in [0.717, 1.165) is 0 Å². The normalized spacial score (nSPS) is 12.1. The van der Waals surface area contributed by atoms with Crippen LogP contribution in [0.2, 0.25) is 0 Å². The molecule has 6 nitrogen and oxygen atoms in total. The number of nitrogens with zero attached hydrogens (tertiary/aromatic N) is 3. The van der Waals surface area contributed by atoms with Gasteiger partial charge in [0.05, 0.1) is 12.3 Å². The van der Waals surface area contributed by atoms with Crippen molar-refractivity contribution in [3.05, 3.63) is 30.2 Å². The quantitative estimate of drug-likeness (QED) is 0.800. The summed E-state index contributed by atoms with van der Waals surface area (Å²) in [6, 6.07) is 5.46. The van der Waals surface area contributed by atoms with Crippen molar-refractivity contribution in [2.75, 3.05) is 11.6 Å². The molecule has 92 valence electrons. The second-order valence-electron chi connectivity index (χ2n) is 3.37. The molecule has 1 N–H and O–H groups in total. The van der Waals surface area contributed by atoms with Gasteiger partial charge in [-0.15, -0.1) is 21.8 Å². The summed E-state index contributed by atoms with van der Waals surface area (Å²) < 4.78 is 27.0. The Balaban J connectivity index is 2.15. The Morgan fingerprint density at radius 1 is 1.35 bits per heavy atom. The zero-order chi connectivity index (χ0) is 12.3. The van der Waals surface area contributed by atoms with E-state index in [0.29, 0.717) is 11.5 Å². The molecule has 0 aliphatic carbocycles. The number of nitrogens with one attached hydrogen (secondary N) is 1. The van der Waals surface area contributed by atoms with Crippen molar-refractivity contribution in [1.82, 2.24) is 19.3 Å². The van der Waals surface area contributed by atoms with E-state index in [4.69, 9.17) is 11.6 Å². The SMILES string of the molecule is O=S(=O)(CCCl)NCc1nnc2ccccn12. The number of pyridine rings is 1. The van der Waals surface area contributed by atoms with Gasteiger partial charge >= 0.3 is 0 Å². The van der Waals surface area contributed by atoms with Crippen LogP contribution in [-0.2, 0) is 16.6 Å². The lowest BCUT2D eigenvalue weighted by Crippen LogP contribution is -2.27. The van der Waals surface area contributed by atoms with Crippen molar-refractivity contribution in [1.29, 1.82) is 0 Å². The van der Waals surface area contributed by atoms with E-state index in [2.05, 4.69) is 14.9 Å². The first-order valence-electron chi connectivity index (χ1n) is 4.94. The molecule has 0 spiro atoms. The second kappa shape index (κ2) is 4.99. The smallest absolute Gasteiger partial charge is 0.213 e. The van der Waals surface area contributed by atoms with Crippen LogP contribution in [0.5, 0.6) is 0 Å². The van der Waals surface area contributed by atoms with Gasteiger partial charge in [-0.1, -0.05) is 6.07 Å². The average molecular weight is 275 g/mol. The predicted molar refractivity (Wildman–Crippen MR) is 64.3 cm³/mol. The third kappa shape index (κ3) is 2.93. The molecule has 0 fully saturated rings. The van der Waals surface area contributed by atoms with E-state index < -0.39 is 10.0 Å². The van der Waals surface area contributed by atoms with E-state index in [-0.39, 0.29) is 18.2 Å². The predicted octanol–water partition coefficient (Wildman–Crippen LogP) is 0.387. The Bertz CT molecular complexity index is 610. The summed E-state index contributed by atoms with van der Waals surface area (Å²) in [6.45, 7) is 0.102. The maximum absolute atomic E-state index is 11.4. The van der Waals surface area contributed by atoms with Gasteiger partial charge in [-0.3, -0.25) is 4.40 Å². The number of aromatic nitrogens is 3. The first-order valence-corrected chi connectivity index (χ1v) is 7.13. The highest BCUT2D eigenvalue weighted by molar-refractivity contribution is 7.89. The summed E-state index contributed by atoms with van der Waals surface area (Å²) in [5, 5.41) is 7.83. The molecule has 0 atom stereocenters. The van der Waals surface area contributed by atoms with Crippen molar-refractivity contribution in [3.8, 4) is 0 Å². The van der Waals surface area contributed by atoms with Crippen LogP contribution in [0.1, 0.15) is 5.82 Å². The lowest BCUT2D eigenvalue weighted by molar-refractivity contribution is 0.580. The summed E-state index contributed by atoms with van der Waals surface area (Å²) in [4.78, 5) is 0. The minimum absolute atomic E-state index is 0.0654. The monoisotopic (exact) mass is 274 g/mol. The first-order chi connectivity index (χ1) is 8.12. The number of hydrogen-bond donors (Lipinski definition) is 1.